The van der Waals surface area contributed by atoms with Crippen LogP contribution in [0.3, 0.4) is 0 Å². The number of carbonyl (C=O) groups is 1. The van der Waals surface area contributed by atoms with Crippen LogP contribution in [0.25, 0.3) is 0 Å². The molecule has 0 aliphatic rings. The van der Waals surface area contributed by atoms with Gasteiger partial charge in [0.25, 0.3) is 0 Å². The molecule has 88 valence electrons. The number of ketones is 1. The molecule has 1 aromatic carbocycles. The lowest BCUT2D eigenvalue weighted by molar-refractivity contribution is 0.104. The lowest BCUT2D eigenvalue weighted by atomic mass is 10.1. The minimum absolute atomic E-state index is 0.0607. The maximum absolute atomic E-state index is 12.4. The Labute approximate surface area is 121 Å². The Hall–Kier alpha value is -0.450. The van der Waals surface area contributed by atoms with Crippen LogP contribution in [0.5, 0.6) is 0 Å². The standard InChI is InChI=1S/C13H10Br2OS/c1-7-4-3-5-9(11(7)15)12(16)13-10(14)6-8(2)17-13/h3-6H,1-2H3. The Balaban J connectivity index is 2.51. The van der Waals surface area contributed by atoms with Gasteiger partial charge in [0.15, 0.2) is 0 Å². The van der Waals surface area contributed by atoms with Crippen LogP contribution in [0.4, 0.5) is 0 Å². The highest BCUT2D eigenvalue weighted by Crippen LogP contribution is 2.31. The van der Waals surface area contributed by atoms with Crippen molar-refractivity contribution >= 4 is 49.0 Å². The van der Waals surface area contributed by atoms with Gasteiger partial charge in [-0.3, -0.25) is 4.79 Å². The van der Waals surface area contributed by atoms with Crippen LogP contribution >= 0.6 is 43.2 Å². The van der Waals surface area contributed by atoms with E-state index in [1.807, 2.05) is 38.1 Å². The van der Waals surface area contributed by atoms with E-state index in [9.17, 15) is 4.79 Å². The summed E-state index contributed by atoms with van der Waals surface area (Å²) in [6.07, 6.45) is 0. The van der Waals surface area contributed by atoms with Gasteiger partial charge < -0.3 is 0 Å². The molecule has 0 spiro atoms. The SMILES string of the molecule is Cc1cc(Br)c(C(=O)c2cccc(C)c2Br)s1. The number of rotatable bonds is 2. The summed E-state index contributed by atoms with van der Waals surface area (Å²) in [6, 6.07) is 7.71. The molecule has 0 radical (unpaired) electrons. The number of hydrogen-bond acceptors (Lipinski definition) is 2. The first-order chi connectivity index (χ1) is 8.00. The fourth-order valence-electron chi connectivity index (χ4n) is 1.58. The second kappa shape index (κ2) is 5.04. The van der Waals surface area contributed by atoms with Crippen LogP contribution in [-0.2, 0) is 0 Å². The number of benzene rings is 1. The number of thiophene rings is 1. The Morgan fingerprint density at radius 2 is 1.94 bits per heavy atom. The fourth-order valence-corrected chi connectivity index (χ4v) is 3.80. The predicted octanol–water partition coefficient (Wildman–Crippen LogP) is 5.12. The normalized spacial score (nSPS) is 10.6. The first kappa shape index (κ1) is 13.0. The number of hydrogen-bond donors (Lipinski definition) is 0. The molecule has 4 heteroatoms. The van der Waals surface area contributed by atoms with Gasteiger partial charge >= 0.3 is 0 Å². The first-order valence-electron chi connectivity index (χ1n) is 5.06. The van der Waals surface area contributed by atoms with Gasteiger partial charge in [-0.2, -0.15) is 0 Å². The Kier molecular flexibility index (Phi) is 3.85. The van der Waals surface area contributed by atoms with Crippen molar-refractivity contribution in [2.24, 2.45) is 0 Å². The fraction of sp³-hybridized carbons (Fsp3) is 0.154. The van der Waals surface area contributed by atoms with Gasteiger partial charge in [-0.1, -0.05) is 12.1 Å². The zero-order chi connectivity index (χ0) is 12.6. The second-order valence-corrected chi connectivity index (χ2v) is 6.70. The first-order valence-corrected chi connectivity index (χ1v) is 7.46. The van der Waals surface area contributed by atoms with Crippen molar-refractivity contribution in [2.45, 2.75) is 13.8 Å². The monoisotopic (exact) mass is 372 g/mol. The van der Waals surface area contributed by atoms with E-state index in [0.717, 1.165) is 24.3 Å². The molecule has 2 aromatic rings. The van der Waals surface area contributed by atoms with Crippen molar-refractivity contribution in [1.29, 1.82) is 0 Å². The summed E-state index contributed by atoms with van der Waals surface area (Å²) in [5.41, 5.74) is 1.79. The smallest absolute Gasteiger partial charge is 0.205 e. The minimum Gasteiger partial charge on any atom is -0.288 e. The van der Waals surface area contributed by atoms with E-state index < -0.39 is 0 Å². The summed E-state index contributed by atoms with van der Waals surface area (Å²) in [4.78, 5) is 14.3. The number of carbonyl (C=O) groups excluding carboxylic acids is 1. The Morgan fingerprint density at radius 3 is 2.53 bits per heavy atom. The van der Waals surface area contributed by atoms with Crippen molar-refractivity contribution in [3.8, 4) is 0 Å². The quantitative estimate of drug-likeness (QED) is 0.667. The van der Waals surface area contributed by atoms with Crippen LogP contribution in [0.2, 0.25) is 0 Å². The summed E-state index contributed by atoms with van der Waals surface area (Å²) >= 11 is 8.42. The zero-order valence-electron chi connectivity index (χ0n) is 9.38. The molecule has 0 saturated heterocycles. The van der Waals surface area contributed by atoms with E-state index in [1.165, 1.54) is 11.3 Å². The molecule has 0 N–H and O–H groups in total. The van der Waals surface area contributed by atoms with Gasteiger partial charge in [0.2, 0.25) is 5.78 Å². The van der Waals surface area contributed by atoms with Crippen LogP contribution in [0.15, 0.2) is 33.2 Å². The van der Waals surface area contributed by atoms with Crippen LogP contribution in [0.1, 0.15) is 25.7 Å². The van der Waals surface area contributed by atoms with Crippen LogP contribution in [0, 0.1) is 13.8 Å². The minimum atomic E-state index is 0.0607. The lowest BCUT2D eigenvalue weighted by Gasteiger charge is -2.05. The second-order valence-electron chi connectivity index (χ2n) is 3.80. The highest BCUT2D eigenvalue weighted by Gasteiger charge is 2.18. The topological polar surface area (TPSA) is 17.1 Å². The summed E-state index contributed by atoms with van der Waals surface area (Å²) < 4.78 is 1.75. The molecular formula is C13H10Br2OS. The highest BCUT2D eigenvalue weighted by atomic mass is 79.9. The van der Waals surface area contributed by atoms with E-state index in [-0.39, 0.29) is 5.78 Å². The molecule has 2 rings (SSSR count). The van der Waals surface area contributed by atoms with Gasteiger partial charge in [-0.25, -0.2) is 0 Å². The van der Waals surface area contributed by atoms with Crippen LogP contribution < -0.4 is 0 Å². The molecule has 1 nitrogen and oxygen atoms in total. The van der Waals surface area contributed by atoms with E-state index in [1.54, 1.807) is 0 Å². The number of halogens is 2. The van der Waals surface area contributed by atoms with Crippen molar-refractivity contribution in [1.82, 2.24) is 0 Å². The highest BCUT2D eigenvalue weighted by molar-refractivity contribution is 9.11. The third-order valence-electron chi connectivity index (χ3n) is 2.45. The van der Waals surface area contributed by atoms with E-state index in [0.29, 0.717) is 5.56 Å². The maximum atomic E-state index is 12.4. The molecular weight excluding hydrogens is 364 g/mol. The van der Waals surface area contributed by atoms with Gasteiger partial charge in [0.05, 0.1) is 4.88 Å². The summed E-state index contributed by atoms with van der Waals surface area (Å²) in [5, 5.41) is 0. The molecule has 17 heavy (non-hydrogen) atoms. The van der Waals surface area contributed by atoms with Gasteiger partial charge in [-0.05, 0) is 63.4 Å². The van der Waals surface area contributed by atoms with Crippen molar-refractivity contribution < 1.29 is 4.79 Å². The summed E-state index contributed by atoms with van der Waals surface area (Å²) in [7, 11) is 0. The average molecular weight is 374 g/mol. The summed E-state index contributed by atoms with van der Waals surface area (Å²) in [6.45, 7) is 3.98. The van der Waals surface area contributed by atoms with Crippen molar-refractivity contribution in [3.63, 3.8) is 0 Å². The molecule has 0 unspecified atom stereocenters. The maximum Gasteiger partial charge on any atom is 0.205 e. The van der Waals surface area contributed by atoms with Gasteiger partial charge in [0, 0.05) is 19.4 Å². The summed E-state index contributed by atoms with van der Waals surface area (Å²) in [5.74, 6) is 0.0607. The third-order valence-corrected chi connectivity index (χ3v) is 5.44. The zero-order valence-corrected chi connectivity index (χ0v) is 13.4. The Bertz CT molecular complexity index is 587. The molecule has 0 bridgehead atoms. The van der Waals surface area contributed by atoms with Crippen molar-refractivity contribution in [2.75, 3.05) is 0 Å². The molecule has 0 amide bonds. The average Bonchev–Trinajstić information content (AvgIpc) is 2.61. The molecule has 1 heterocycles. The predicted molar refractivity (Wildman–Crippen MR) is 79.1 cm³/mol. The van der Waals surface area contributed by atoms with Crippen LogP contribution in [-0.4, -0.2) is 5.78 Å². The Morgan fingerprint density at radius 1 is 1.24 bits per heavy atom. The van der Waals surface area contributed by atoms with Gasteiger partial charge in [-0.15, -0.1) is 11.3 Å². The van der Waals surface area contributed by atoms with E-state index >= 15 is 0 Å². The molecule has 0 aliphatic heterocycles. The van der Waals surface area contributed by atoms with E-state index in [2.05, 4.69) is 31.9 Å². The van der Waals surface area contributed by atoms with Gasteiger partial charge in [0.1, 0.15) is 0 Å². The molecule has 0 aliphatic carbocycles. The third kappa shape index (κ3) is 2.54. The molecule has 0 fully saturated rings. The molecule has 0 saturated carbocycles. The molecule has 0 atom stereocenters. The number of aryl methyl sites for hydroxylation is 2. The largest absolute Gasteiger partial charge is 0.288 e. The van der Waals surface area contributed by atoms with E-state index in [4.69, 9.17) is 0 Å². The van der Waals surface area contributed by atoms with Crippen molar-refractivity contribution in [3.05, 3.63) is 54.1 Å². The molecule has 1 aromatic heterocycles. The lowest BCUT2D eigenvalue weighted by Crippen LogP contribution is -2.01.